The highest BCUT2D eigenvalue weighted by Crippen LogP contribution is 2.46. The monoisotopic (exact) mass is 405 g/mol. The van der Waals surface area contributed by atoms with E-state index in [1.165, 1.54) is 19.3 Å². The Morgan fingerprint density at radius 1 is 1.21 bits per heavy atom. The first-order chi connectivity index (χ1) is 14.1. The van der Waals surface area contributed by atoms with Crippen LogP contribution in [0.5, 0.6) is 0 Å². The van der Waals surface area contributed by atoms with Crippen molar-refractivity contribution < 1.29 is 9.90 Å². The predicted molar refractivity (Wildman–Crippen MR) is 112 cm³/mol. The van der Waals surface area contributed by atoms with Gasteiger partial charge in [-0.1, -0.05) is 24.1 Å². The summed E-state index contributed by atoms with van der Waals surface area (Å²) in [6.07, 6.45) is 5.50. The molecule has 2 aromatic carbocycles. The molecule has 1 heterocycles. The summed E-state index contributed by atoms with van der Waals surface area (Å²) in [5.41, 5.74) is 4.89. The van der Waals surface area contributed by atoms with E-state index < -0.39 is 5.97 Å². The maximum Gasteiger partial charge on any atom is 0.335 e. The molecule has 3 aliphatic rings. The number of hydrazone groups is 1. The molecular weight excluding hydrogens is 386 g/mol. The fourth-order valence-electron chi connectivity index (χ4n) is 4.92. The Labute approximate surface area is 174 Å². The number of carboxylic acid groups (broad SMARTS) is 1. The fraction of sp³-hybridized carbons (Fsp3) is 0.348. The highest BCUT2D eigenvalue weighted by atomic mass is 35.5. The van der Waals surface area contributed by atoms with Crippen LogP contribution in [0.15, 0.2) is 41.5 Å². The smallest absolute Gasteiger partial charge is 0.335 e. The van der Waals surface area contributed by atoms with E-state index in [2.05, 4.69) is 11.1 Å². The van der Waals surface area contributed by atoms with Crippen LogP contribution in [-0.4, -0.2) is 22.8 Å². The number of aryl methyl sites for hydroxylation is 1. The largest absolute Gasteiger partial charge is 0.478 e. The average molecular weight is 406 g/mol. The van der Waals surface area contributed by atoms with Gasteiger partial charge in [-0.05, 0) is 67.5 Å². The number of hydrogen-bond donors (Lipinski definition) is 1. The van der Waals surface area contributed by atoms with Crippen LogP contribution in [0.1, 0.15) is 52.7 Å². The number of carbonyl (C=O) groups is 1. The number of rotatable bonds is 3. The van der Waals surface area contributed by atoms with E-state index >= 15 is 0 Å². The minimum absolute atomic E-state index is 0.287. The van der Waals surface area contributed by atoms with Gasteiger partial charge >= 0.3 is 5.97 Å². The molecule has 1 saturated carbocycles. The molecule has 0 spiro atoms. The van der Waals surface area contributed by atoms with Crippen LogP contribution in [-0.2, 0) is 6.42 Å². The van der Waals surface area contributed by atoms with E-state index in [1.807, 2.05) is 18.2 Å². The Kier molecular flexibility index (Phi) is 4.33. The SMILES string of the molecule is N#Cc1ccc(N2N=C3c4ccc(C(=O)O)cc4CCC3C2C2CCC2)cc1Cl. The molecule has 0 saturated heterocycles. The number of nitrogens with zero attached hydrogens (tertiary/aromatic N) is 3. The molecule has 2 aromatic rings. The Bertz CT molecular complexity index is 1080. The molecule has 1 fully saturated rings. The Morgan fingerprint density at radius 3 is 2.69 bits per heavy atom. The minimum atomic E-state index is -0.899. The molecule has 146 valence electrons. The second kappa shape index (κ2) is 6.89. The molecule has 2 aliphatic carbocycles. The summed E-state index contributed by atoms with van der Waals surface area (Å²) < 4.78 is 0. The Morgan fingerprint density at radius 2 is 2.03 bits per heavy atom. The lowest BCUT2D eigenvalue weighted by atomic mass is 9.69. The molecule has 5 nitrogen and oxygen atoms in total. The summed E-state index contributed by atoms with van der Waals surface area (Å²) in [5, 5.41) is 26.1. The number of anilines is 1. The zero-order valence-corrected chi connectivity index (χ0v) is 16.6. The van der Waals surface area contributed by atoms with Crippen molar-refractivity contribution >= 4 is 29.0 Å². The summed E-state index contributed by atoms with van der Waals surface area (Å²) in [6, 6.07) is 13.3. The number of aromatic carboxylic acids is 1. The summed E-state index contributed by atoms with van der Waals surface area (Å²) in [6.45, 7) is 0. The van der Waals surface area contributed by atoms with Gasteiger partial charge in [0.15, 0.2) is 0 Å². The summed E-state index contributed by atoms with van der Waals surface area (Å²) in [7, 11) is 0. The Balaban J connectivity index is 1.58. The predicted octanol–water partition coefficient (Wildman–Crippen LogP) is 4.87. The maximum absolute atomic E-state index is 11.3. The van der Waals surface area contributed by atoms with Crippen molar-refractivity contribution in [2.75, 3.05) is 5.01 Å². The van der Waals surface area contributed by atoms with Gasteiger partial charge in [0.1, 0.15) is 6.07 Å². The molecule has 0 aromatic heterocycles. The second-order valence-corrected chi connectivity index (χ2v) is 8.52. The standard InChI is InChI=1S/C23H20ClN3O2/c24-20-11-17(7-4-16(20)12-25)27-22(13-2-1-3-13)19-9-5-14-10-15(23(28)29)6-8-18(14)21(19)26-27/h4,6-8,10-11,13,19,22H,1-3,5,9H2,(H,28,29). The zero-order valence-electron chi connectivity index (χ0n) is 15.8. The number of nitriles is 1. The molecule has 0 radical (unpaired) electrons. The van der Waals surface area contributed by atoms with Gasteiger partial charge in [-0.15, -0.1) is 0 Å². The number of halogens is 1. The average Bonchev–Trinajstić information content (AvgIpc) is 3.05. The summed E-state index contributed by atoms with van der Waals surface area (Å²) in [4.78, 5) is 11.3. The van der Waals surface area contributed by atoms with Crippen molar-refractivity contribution in [2.24, 2.45) is 16.9 Å². The van der Waals surface area contributed by atoms with Crippen LogP contribution in [0.2, 0.25) is 5.02 Å². The molecule has 2 unspecified atom stereocenters. The molecule has 1 aliphatic heterocycles. The first-order valence-corrected chi connectivity index (χ1v) is 10.4. The highest BCUT2D eigenvalue weighted by Gasteiger charge is 2.46. The number of fused-ring (bicyclic) bond motifs is 3. The molecular formula is C23H20ClN3O2. The van der Waals surface area contributed by atoms with Crippen LogP contribution in [0.3, 0.4) is 0 Å². The van der Waals surface area contributed by atoms with Crippen LogP contribution in [0, 0.1) is 23.2 Å². The van der Waals surface area contributed by atoms with E-state index in [0.29, 0.717) is 28.0 Å². The van der Waals surface area contributed by atoms with Crippen LogP contribution < -0.4 is 5.01 Å². The molecule has 29 heavy (non-hydrogen) atoms. The summed E-state index contributed by atoms with van der Waals surface area (Å²) in [5.74, 6) is 0.0258. The lowest BCUT2D eigenvalue weighted by molar-refractivity contribution is 0.0696. The van der Waals surface area contributed by atoms with E-state index in [1.54, 1.807) is 18.2 Å². The van der Waals surface area contributed by atoms with Gasteiger partial charge in [0.2, 0.25) is 0 Å². The number of benzene rings is 2. The molecule has 0 bridgehead atoms. The fourth-order valence-corrected chi connectivity index (χ4v) is 5.14. The minimum Gasteiger partial charge on any atom is -0.478 e. The van der Waals surface area contributed by atoms with Gasteiger partial charge in [0.25, 0.3) is 0 Å². The lowest BCUT2D eigenvalue weighted by Gasteiger charge is -2.40. The van der Waals surface area contributed by atoms with Crippen LogP contribution in [0.4, 0.5) is 5.69 Å². The normalized spacial score (nSPS) is 22.9. The van der Waals surface area contributed by atoms with E-state index in [9.17, 15) is 15.2 Å². The molecule has 6 heteroatoms. The van der Waals surface area contributed by atoms with Crippen molar-refractivity contribution in [1.82, 2.24) is 0 Å². The van der Waals surface area contributed by atoms with Crippen molar-refractivity contribution in [3.05, 3.63) is 63.7 Å². The van der Waals surface area contributed by atoms with Gasteiger partial charge in [-0.25, -0.2) is 4.79 Å². The summed E-state index contributed by atoms with van der Waals surface area (Å²) >= 11 is 6.31. The van der Waals surface area contributed by atoms with Crippen LogP contribution in [0.25, 0.3) is 0 Å². The van der Waals surface area contributed by atoms with Crippen molar-refractivity contribution in [2.45, 2.75) is 38.1 Å². The molecule has 0 amide bonds. The molecule has 2 atom stereocenters. The lowest BCUT2D eigenvalue weighted by Crippen LogP contribution is -2.44. The van der Waals surface area contributed by atoms with Gasteiger partial charge in [0.05, 0.1) is 33.6 Å². The molecule has 1 N–H and O–H groups in total. The van der Waals surface area contributed by atoms with Gasteiger partial charge in [-0.3, -0.25) is 5.01 Å². The van der Waals surface area contributed by atoms with Gasteiger partial charge in [-0.2, -0.15) is 10.4 Å². The third kappa shape index (κ3) is 2.90. The first kappa shape index (κ1) is 18.2. The second-order valence-electron chi connectivity index (χ2n) is 8.11. The topological polar surface area (TPSA) is 76.7 Å². The number of carboxylic acids is 1. The highest BCUT2D eigenvalue weighted by molar-refractivity contribution is 6.32. The first-order valence-electron chi connectivity index (χ1n) is 10.0. The maximum atomic E-state index is 11.3. The van der Waals surface area contributed by atoms with Crippen molar-refractivity contribution in [3.8, 4) is 6.07 Å². The Hall–Kier alpha value is -2.84. The van der Waals surface area contributed by atoms with Crippen LogP contribution >= 0.6 is 11.6 Å². The third-order valence-electron chi connectivity index (χ3n) is 6.58. The quantitative estimate of drug-likeness (QED) is 0.790. The van der Waals surface area contributed by atoms with Gasteiger partial charge in [0, 0.05) is 11.5 Å². The molecule has 5 rings (SSSR count). The van der Waals surface area contributed by atoms with Crippen molar-refractivity contribution in [1.29, 1.82) is 5.26 Å². The zero-order chi connectivity index (χ0) is 20.1. The third-order valence-corrected chi connectivity index (χ3v) is 6.90. The van der Waals surface area contributed by atoms with Gasteiger partial charge < -0.3 is 5.11 Å². The van der Waals surface area contributed by atoms with E-state index in [0.717, 1.165) is 35.4 Å². The van der Waals surface area contributed by atoms with E-state index in [-0.39, 0.29) is 6.04 Å². The van der Waals surface area contributed by atoms with Crippen molar-refractivity contribution in [3.63, 3.8) is 0 Å². The number of hydrogen-bond acceptors (Lipinski definition) is 4. The van der Waals surface area contributed by atoms with E-state index in [4.69, 9.17) is 16.7 Å².